The maximum absolute atomic E-state index is 12.7. The zero-order chi connectivity index (χ0) is 16.4. The van der Waals surface area contributed by atoms with Gasteiger partial charge in [-0.3, -0.25) is 4.79 Å². The lowest BCUT2D eigenvalue weighted by Crippen LogP contribution is -2.35. The average Bonchev–Trinajstić information content (AvgIpc) is 3.20. The second-order valence-corrected chi connectivity index (χ2v) is 7.36. The van der Waals surface area contributed by atoms with E-state index in [2.05, 4.69) is 18.2 Å². The van der Waals surface area contributed by atoms with E-state index in [1.807, 2.05) is 51.7 Å². The molecule has 1 aliphatic heterocycles. The average molecular weight is 340 g/mol. The van der Waals surface area contributed by atoms with E-state index >= 15 is 0 Å². The van der Waals surface area contributed by atoms with Crippen LogP contribution in [0.15, 0.2) is 59.3 Å². The van der Waals surface area contributed by atoms with E-state index < -0.39 is 0 Å². The molecule has 24 heavy (non-hydrogen) atoms. The fourth-order valence-corrected chi connectivity index (χ4v) is 4.43. The van der Waals surface area contributed by atoms with Gasteiger partial charge in [0.05, 0.1) is 11.5 Å². The molecule has 0 spiro atoms. The Hall–Kier alpha value is -2.14. The number of aromatic nitrogens is 1. The lowest BCUT2D eigenvalue weighted by molar-refractivity contribution is -0.131. The highest BCUT2D eigenvalue weighted by molar-refractivity contribution is 7.99. The molecule has 0 radical (unpaired) electrons. The number of carbonyl (C=O) groups is 1. The highest BCUT2D eigenvalue weighted by atomic mass is 32.2. The van der Waals surface area contributed by atoms with E-state index in [9.17, 15) is 4.79 Å². The van der Waals surface area contributed by atoms with Crippen molar-refractivity contribution in [1.82, 2.24) is 9.47 Å². The third-order valence-electron chi connectivity index (χ3n) is 4.54. The number of thioether (sulfide) groups is 1. The zero-order valence-corrected chi connectivity index (χ0v) is 14.2. The minimum atomic E-state index is 0.192. The Morgan fingerprint density at radius 3 is 2.96 bits per heavy atom. The summed E-state index contributed by atoms with van der Waals surface area (Å²) >= 11 is 1.88. The van der Waals surface area contributed by atoms with Crippen molar-refractivity contribution in [2.24, 2.45) is 0 Å². The molecule has 4 nitrogen and oxygen atoms in total. The third kappa shape index (κ3) is 3.08. The Balaban J connectivity index is 1.43. The normalized spacial score (nSPS) is 18.7. The Labute approximate surface area is 145 Å². The number of carbonyl (C=O) groups excluding carboxylic acids is 1. The molecular formula is C19H20N2O2S. The molecule has 0 saturated carbocycles. The van der Waals surface area contributed by atoms with Crippen LogP contribution in [0, 0.1) is 0 Å². The molecule has 3 aromatic rings. The van der Waals surface area contributed by atoms with Crippen molar-refractivity contribution in [3.63, 3.8) is 0 Å². The van der Waals surface area contributed by atoms with Gasteiger partial charge in [-0.2, -0.15) is 0 Å². The second-order valence-electron chi connectivity index (χ2n) is 6.05. The van der Waals surface area contributed by atoms with Crippen LogP contribution in [0.5, 0.6) is 0 Å². The van der Waals surface area contributed by atoms with Crippen molar-refractivity contribution in [1.29, 1.82) is 0 Å². The molecule has 124 valence electrons. The summed E-state index contributed by atoms with van der Waals surface area (Å²) in [6, 6.07) is 14.2. The van der Waals surface area contributed by atoms with Gasteiger partial charge in [-0.15, -0.1) is 11.8 Å². The lowest BCUT2D eigenvalue weighted by Gasteiger charge is -2.20. The summed E-state index contributed by atoms with van der Waals surface area (Å²) in [6.07, 6.45) is 4.66. The topological polar surface area (TPSA) is 38.4 Å². The summed E-state index contributed by atoms with van der Waals surface area (Å²) in [4.78, 5) is 14.7. The number of amides is 1. The van der Waals surface area contributed by atoms with Gasteiger partial charge in [0, 0.05) is 30.6 Å². The monoisotopic (exact) mass is 340 g/mol. The van der Waals surface area contributed by atoms with Crippen molar-refractivity contribution in [3.05, 3.63) is 60.7 Å². The van der Waals surface area contributed by atoms with Gasteiger partial charge in [-0.05, 0) is 36.1 Å². The molecule has 0 bridgehead atoms. The molecular weight excluding hydrogens is 320 g/mol. The minimum Gasteiger partial charge on any atom is -0.468 e. The predicted molar refractivity (Wildman–Crippen MR) is 97.0 cm³/mol. The maximum atomic E-state index is 12.7. The van der Waals surface area contributed by atoms with E-state index in [1.54, 1.807) is 6.26 Å². The number of rotatable bonds is 3. The molecule has 5 heteroatoms. The molecule has 2 aromatic heterocycles. The Morgan fingerprint density at radius 1 is 1.17 bits per heavy atom. The molecule has 4 rings (SSSR count). The smallest absolute Gasteiger partial charge is 0.242 e. The van der Waals surface area contributed by atoms with Crippen LogP contribution in [0.2, 0.25) is 0 Å². The molecule has 1 amide bonds. The number of furan rings is 1. The van der Waals surface area contributed by atoms with Crippen LogP contribution in [0.3, 0.4) is 0 Å². The molecule has 1 atom stereocenters. The summed E-state index contributed by atoms with van der Waals surface area (Å²) in [5, 5.41) is 1.53. The van der Waals surface area contributed by atoms with E-state index in [0.717, 1.165) is 36.5 Å². The first-order valence-electron chi connectivity index (χ1n) is 8.28. The van der Waals surface area contributed by atoms with Gasteiger partial charge in [0.2, 0.25) is 5.91 Å². The van der Waals surface area contributed by atoms with Gasteiger partial charge >= 0.3 is 0 Å². The van der Waals surface area contributed by atoms with Crippen molar-refractivity contribution in [2.75, 3.05) is 18.8 Å². The van der Waals surface area contributed by atoms with Gasteiger partial charge in [0.25, 0.3) is 0 Å². The third-order valence-corrected chi connectivity index (χ3v) is 5.83. The fourth-order valence-electron chi connectivity index (χ4n) is 3.25. The van der Waals surface area contributed by atoms with Crippen molar-refractivity contribution in [2.45, 2.75) is 18.2 Å². The molecule has 0 aliphatic carbocycles. The highest BCUT2D eigenvalue weighted by Crippen LogP contribution is 2.34. The van der Waals surface area contributed by atoms with E-state index in [4.69, 9.17) is 4.42 Å². The van der Waals surface area contributed by atoms with Gasteiger partial charge < -0.3 is 13.9 Å². The molecule has 1 fully saturated rings. The van der Waals surface area contributed by atoms with E-state index in [1.165, 1.54) is 5.39 Å². The van der Waals surface area contributed by atoms with Gasteiger partial charge in [-0.1, -0.05) is 18.2 Å². The summed E-state index contributed by atoms with van der Waals surface area (Å²) < 4.78 is 7.57. The van der Waals surface area contributed by atoms with Crippen molar-refractivity contribution < 1.29 is 9.21 Å². The van der Waals surface area contributed by atoms with Crippen LogP contribution in [-0.4, -0.2) is 34.2 Å². The number of hydrogen-bond acceptors (Lipinski definition) is 3. The van der Waals surface area contributed by atoms with Crippen molar-refractivity contribution in [3.8, 4) is 0 Å². The number of nitrogens with zero attached hydrogens (tertiary/aromatic N) is 2. The van der Waals surface area contributed by atoms with E-state index in [-0.39, 0.29) is 5.91 Å². The Morgan fingerprint density at radius 2 is 2.08 bits per heavy atom. The standard InChI is InChI=1S/C19H20N2O2S/c22-19(14-21-9-7-15-4-1-2-5-16(15)21)20-10-8-18(24-13-11-20)17-6-3-12-23-17/h1-7,9,12,18H,8,10-11,13-14H2/t18-/m0/s1. The summed E-state index contributed by atoms with van der Waals surface area (Å²) in [5.41, 5.74) is 1.11. The maximum Gasteiger partial charge on any atom is 0.242 e. The number of para-hydroxylation sites is 1. The van der Waals surface area contributed by atoms with Crippen LogP contribution < -0.4 is 0 Å². The van der Waals surface area contributed by atoms with Crippen LogP contribution in [0.1, 0.15) is 17.4 Å². The van der Waals surface area contributed by atoms with Crippen molar-refractivity contribution >= 4 is 28.6 Å². The lowest BCUT2D eigenvalue weighted by atomic mass is 10.2. The largest absolute Gasteiger partial charge is 0.468 e. The number of fused-ring (bicyclic) bond motifs is 1. The minimum absolute atomic E-state index is 0.192. The zero-order valence-electron chi connectivity index (χ0n) is 13.4. The number of benzene rings is 1. The van der Waals surface area contributed by atoms with Gasteiger partial charge in [-0.25, -0.2) is 0 Å². The first-order valence-corrected chi connectivity index (χ1v) is 9.33. The predicted octanol–water partition coefficient (Wildman–Crippen LogP) is 3.94. The van der Waals surface area contributed by atoms with E-state index in [0.29, 0.717) is 11.8 Å². The molecule has 1 aliphatic rings. The van der Waals surface area contributed by atoms with Gasteiger partial charge in [0.1, 0.15) is 12.3 Å². The van der Waals surface area contributed by atoms with Gasteiger partial charge in [0.15, 0.2) is 0 Å². The Bertz CT molecular complexity index is 825. The first kappa shape index (κ1) is 15.4. The van der Waals surface area contributed by atoms with Crippen LogP contribution in [0.4, 0.5) is 0 Å². The first-order chi connectivity index (χ1) is 11.8. The molecule has 0 N–H and O–H groups in total. The molecule has 1 saturated heterocycles. The number of hydrogen-bond donors (Lipinski definition) is 0. The fraction of sp³-hybridized carbons (Fsp3) is 0.316. The summed E-state index contributed by atoms with van der Waals surface area (Å²) in [6.45, 7) is 2.00. The quantitative estimate of drug-likeness (QED) is 0.725. The molecule has 3 heterocycles. The van der Waals surface area contributed by atoms with Crippen LogP contribution in [0.25, 0.3) is 10.9 Å². The Kier molecular flexibility index (Phi) is 4.34. The van der Waals surface area contributed by atoms with Crippen LogP contribution in [-0.2, 0) is 11.3 Å². The summed E-state index contributed by atoms with van der Waals surface area (Å²) in [7, 11) is 0. The highest BCUT2D eigenvalue weighted by Gasteiger charge is 2.23. The van der Waals surface area contributed by atoms with Crippen LogP contribution >= 0.6 is 11.8 Å². The molecule has 1 aromatic carbocycles. The SMILES string of the molecule is O=C(Cn1ccc2ccccc21)N1CCS[C@H](c2ccco2)CC1. The summed E-state index contributed by atoms with van der Waals surface area (Å²) in [5.74, 6) is 2.16. The second kappa shape index (κ2) is 6.77. The molecule has 0 unspecified atom stereocenters.